The number of benzene rings is 1. The highest BCUT2D eigenvalue weighted by Gasteiger charge is 2.12. The molecule has 1 atom stereocenters. The summed E-state index contributed by atoms with van der Waals surface area (Å²) in [5.41, 5.74) is 0.583. The summed E-state index contributed by atoms with van der Waals surface area (Å²) >= 11 is 0. The first-order valence-electron chi connectivity index (χ1n) is 5.78. The molecule has 0 saturated carbocycles. The molecule has 0 saturated heterocycles. The van der Waals surface area contributed by atoms with Gasteiger partial charge >= 0.3 is 0 Å². The molecule has 0 radical (unpaired) electrons. The van der Waals surface area contributed by atoms with E-state index in [1.807, 2.05) is 13.8 Å². The summed E-state index contributed by atoms with van der Waals surface area (Å²) in [4.78, 5) is 13.2. The molecule has 3 nitrogen and oxygen atoms in total. The molecule has 0 aromatic heterocycles. The van der Waals surface area contributed by atoms with Crippen molar-refractivity contribution in [3.05, 3.63) is 35.6 Å². The molecule has 0 bridgehead atoms. The maximum atomic E-state index is 13.5. The van der Waals surface area contributed by atoms with E-state index in [1.54, 1.807) is 30.1 Å². The summed E-state index contributed by atoms with van der Waals surface area (Å²) in [7, 11) is 1.75. The lowest BCUT2D eigenvalue weighted by molar-refractivity contribution is -0.128. The van der Waals surface area contributed by atoms with Crippen LogP contribution in [-0.4, -0.2) is 30.9 Å². The summed E-state index contributed by atoms with van der Waals surface area (Å²) in [5, 5.41) is 3.02. The third-order valence-electron chi connectivity index (χ3n) is 2.83. The predicted molar refractivity (Wildman–Crippen MR) is 66.1 cm³/mol. The van der Waals surface area contributed by atoms with Crippen molar-refractivity contribution in [2.24, 2.45) is 0 Å². The third kappa shape index (κ3) is 3.82. The molecule has 4 heteroatoms. The first-order valence-corrected chi connectivity index (χ1v) is 5.78. The third-order valence-corrected chi connectivity index (χ3v) is 2.83. The van der Waals surface area contributed by atoms with Crippen LogP contribution in [0.25, 0.3) is 0 Å². The maximum absolute atomic E-state index is 13.5. The van der Waals surface area contributed by atoms with Gasteiger partial charge in [-0.05, 0) is 19.9 Å². The number of hydrogen-bond acceptors (Lipinski definition) is 2. The van der Waals surface area contributed by atoms with Gasteiger partial charge < -0.3 is 10.2 Å². The zero-order valence-electron chi connectivity index (χ0n) is 10.5. The van der Waals surface area contributed by atoms with Gasteiger partial charge in [0.2, 0.25) is 5.91 Å². The minimum atomic E-state index is -0.246. The number of likely N-dealkylation sites (N-methyl/N-ethyl adjacent to an activating group) is 1. The average molecular weight is 238 g/mol. The summed E-state index contributed by atoms with van der Waals surface area (Å²) in [5.74, 6) is -0.237. The van der Waals surface area contributed by atoms with Crippen LogP contribution in [0.5, 0.6) is 0 Å². The average Bonchev–Trinajstić information content (AvgIpc) is 2.35. The van der Waals surface area contributed by atoms with Crippen LogP contribution in [0, 0.1) is 5.82 Å². The molecule has 94 valence electrons. The predicted octanol–water partition coefficient (Wildman–Crippen LogP) is 1.95. The van der Waals surface area contributed by atoms with Gasteiger partial charge in [-0.25, -0.2) is 4.39 Å². The summed E-state index contributed by atoms with van der Waals surface area (Å²) < 4.78 is 13.5. The highest BCUT2D eigenvalue weighted by molar-refractivity contribution is 5.77. The van der Waals surface area contributed by atoms with E-state index in [-0.39, 0.29) is 24.3 Å². The molecular formula is C13H19FN2O. The topological polar surface area (TPSA) is 32.3 Å². The molecule has 0 heterocycles. The van der Waals surface area contributed by atoms with Crippen molar-refractivity contribution < 1.29 is 9.18 Å². The first kappa shape index (κ1) is 13.6. The van der Waals surface area contributed by atoms with Crippen LogP contribution < -0.4 is 5.32 Å². The Morgan fingerprint density at radius 3 is 2.71 bits per heavy atom. The Hall–Kier alpha value is -1.42. The highest BCUT2D eigenvalue weighted by atomic mass is 19.1. The van der Waals surface area contributed by atoms with Gasteiger partial charge in [0.15, 0.2) is 0 Å². The Bertz CT molecular complexity index is 381. The molecule has 1 amide bonds. The molecule has 0 aliphatic rings. The van der Waals surface area contributed by atoms with E-state index in [1.165, 1.54) is 6.07 Å². The molecular weight excluding hydrogens is 219 g/mol. The molecule has 0 aliphatic carbocycles. The fraction of sp³-hybridized carbons (Fsp3) is 0.462. The van der Waals surface area contributed by atoms with E-state index in [0.29, 0.717) is 12.1 Å². The van der Waals surface area contributed by atoms with Crippen molar-refractivity contribution in [3.8, 4) is 0 Å². The molecule has 1 N–H and O–H groups in total. The normalized spacial score (nSPS) is 12.2. The van der Waals surface area contributed by atoms with Crippen LogP contribution >= 0.6 is 0 Å². The molecule has 1 aromatic carbocycles. The van der Waals surface area contributed by atoms with Crippen LogP contribution in [0.4, 0.5) is 4.39 Å². The van der Waals surface area contributed by atoms with Crippen molar-refractivity contribution in [1.29, 1.82) is 0 Å². The second-order valence-corrected chi connectivity index (χ2v) is 4.03. The van der Waals surface area contributed by atoms with E-state index in [0.717, 1.165) is 0 Å². The minimum absolute atomic E-state index is 0.00990. The quantitative estimate of drug-likeness (QED) is 0.850. The van der Waals surface area contributed by atoms with Gasteiger partial charge in [0, 0.05) is 25.2 Å². The Labute approximate surface area is 102 Å². The van der Waals surface area contributed by atoms with Crippen LogP contribution in [0.3, 0.4) is 0 Å². The van der Waals surface area contributed by atoms with Crippen LogP contribution in [0.1, 0.15) is 25.5 Å². The number of hydrogen-bond donors (Lipinski definition) is 1. The Balaban J connectivity index is 2.53. The Morgan fingerprint density at radius 1 is 1.47 bits per heavy atom. The maximum Gasteiger partial charge on any atom is 0.236 e. The minimum Gasteiger partial charge on any atom is -0.345 e. The number of carbonyl (C=O) groups excluding carboxylic acids is 1. The first-order chi connectivity index (χ1) is 8.06. The fourth-order valence-electron chi connectivity index (χ4n) is 1.49. The summed E-state index contributed by atoms with van der Waals surface area (Å²) in [6, 6.07) is 6.41. The zero-order chi connectivity index (χ0) is 12.8. The molecule has 1 rings (SSSR count). The molecule has 0 spiro atoms. The number of halogens is 1. The number of carbonyl (C=O) groups is 1. The lowest BCUT2D eigenvalue weighted by Crippen LogP contribution is -2.36. The summed E-state index contributed by atoms with van der Waals surface area (Å²) in [6.07, 6.45) is 0. The van der Waals surface area contributed by atoms with E-state index >= 15 is 0 Å². The van der Waals surface area contributed by atoms with Crippen LogP contribution in [0.2, 0.25) is 0 Å². The van der Waals surface area contributed by atoms with Crippen molar-refractivity contribution in [2.75, 3.05) is 20.1 Å². The van der Waals surface area contributed by atoms with Gasteiger partial charge in [-0.2, -0.15) is 0 Å². The van der Waals surface area contributed by atoms with Crippen molar-refractivity contribution in [1.82, 2.24) is 10.2 Å². The standard InChI is InChI=1S/C13H19FN2O/c1-4-16(3)13(17)9-15-10(2)11-7-5-6-8-12(11)14/h5-8,10,15H,4,9H2,1-3H3/t10-/m1/s1. The fourth-order valence-corrected chi connectivity index (χ4v) is 1.49. The smallest absolute Gasteiger partial charge is 0.236 e. The molecule has 0 unspecified atom stereocenters. The van der Waals surface area contributed by atoms with E-state index in [2.05, 4.69) is 5.32 Å². The lowest BCUT2D eigenvalue weighted by atomic mass is 10.1. The van der Waals surface area contributed by atoms with Gasteiger partial charge in [0.25, 0.3) is 0 Å². The summed E-state index contributed by atoms with van der Waals surface area (Å²) in [6.45, 7) is 4.66. The zero-order valence-corrected chi connectivity index (χ0v) is 10.5. The van der Waals surface area contributed by atoms with Crippen molar-refractivity contribution in [2.45, 2.75) is 19.9 Å². The molecule has 0 aliphatic heterocycles. The number of nitrogens with zero attached hydrogens (tertiary/aromatic N) is 1. The molecule has 1 aromatic rings. The van der Waals surface area contributed by atoms with Gasteiger partial charge in [0.05, 0.1) is 6.54 Å². The van der Waals surface area contributed by atoms with E-state index < -0.39 is 0 Å². The monoisotopic (exact) mass is 238 g/mol. The molecule has 0 fully saturated rings. The van der Waals surface area contributed by atoms with Gasteiger partial charge in [-0.3, -0.25) is 4.79 Å². The van der Waals surface area contributed by atoms with E-state index in [9.17, 15) is 9.18 Å². The number of rotatable bonds is 5. The SMILES string of the molecule is CCN(C)C(=O)CN[C@H](C)c1ccccc1F. The van der Waals surface area contributed by atoms with Crippen molar-refractivity contribution in [3.63, 3.8) is 0 Å². The Kier molecular flexibility index (Phi) is 5.10. The Morgan fingerprint density at radius 2 is 2.12 bits per heavy atom. The lowest BCUT2D eigenvalue weighted by Gasteiger charge is -2.18. The number of amides is 1. The largest absolute Gasteiger partial charge is 0.345 e. The molecule has 17 heavy (non-hydrogen) atoms. The van der Waals surface area contributed by atoms with Gasteiger partial charge in [-0.1, -0.05) is 18.2 Å². The van der Waals surface area contributed by atoms with Gasteiger partial charge in [-0.15, -0.1) is 0 Å². The van der Waals surface area contributed by atoms with Gasteiger partial charge in [0.1, 0.15) is 5.82 Å². The van der Waals surface area contributed by atoms with E-state index in [4.69, 9.17) is 0 Å². The number of nitrogens with one attached hydrogen (secondary N) is 1. The second-order valence-electron chi connectivity index (χ2n) is 4.03. The van der Waals surface area contributed by atoms with Crippen LogP contribution in [0.15, 0.2) is 24.3 Å². The highest BCUT2D eigenvalue weighted by Crippen LogP contribution is 2.15. The van der Waals surface area contributed by atoms with Crippen molar-refractivity contribution >= 4 is 5.91 Å². The second kappa shape index (κ2) is 6.35. The van der Waals surface area contributed by atoms with Crippen LogP contribution in [-0.2, 0) is 4.79 Å².